The Morgan fingerprint density at radius 1 is 1.33 bits per heavy atom. The van der Waals surface area contributed by atoms with Crippen LogP contribution in [0.15, 0.2) is 42.4 Å². The molecule has 0 aliphatic heterocycles. The Labute approximate surface area is 75.4 Å². The molecule has 1 heteroatoms. The molecule has 0 aromatic heterocycles. The predicted molar refractivity (Wildman–Crippen MR) is 56.6 cm³/mol. The normalized spacial score (nSPS) is 9.50. The van der Waals surface area contributed by atoms with Crippen LogP contribution in [0.4, 0.5) is 0 Å². The van der Waals surface area contributed by atoms with Crippen LogP contribution in [-0.2, 0) is 6.32 Å². The molecule has 0 saturated heterocycles. The van der Waals surface area contributed by atoms with Crippen LogP contribution >= 0.6 is 0 Å². The summed E-state index contributed by atoms with van der Waals surface area (Å²) in [4.78, 5) is 0. The molecule has 0 radical (unpaired) electrons. The highest BCUT2D eigenvalue weighted by atomic mass is 13.9. The lowest BCUT2D eigenvalue weighted by Gasteiger charge is -2.06. The summed E-state index contributed by atoms with van der Waals surface area (Å²) >= 11 is 0. The summed E-state index contributed by atoms with van der Waals surface area (Å²) in [6, 6.07) is 10.6. The molecule has 0 heterocycles. The van der Waals surface area contributed by atoms with Gasteiger partial charge < -0.3 is 0 Å². The minimum atomic E-state index is 0.590. The molecule has 62 valence electrons. The first-order valence-electron chi connectivity index (χ1n) is 4.39. The predicted octanol–water partition coefficient (Wildman–Crippen LogP) is 3.01. The van der Waals surface area contributed by atoms with Gasteiger partial charge in [0, 0.05) is 0 Å². The average Bonchev–Trinajstić information content (AvgIpc) is 2.06. The summed E-state index contributed by atoms with van der Waals surface area (Å²) in [7, 11) is 0. The van der Waals surface area contributed by atoms with E-state index < -0.39 is 0 Å². The molecule has 1 aromatic rings. The first-order chi connectivity index (χ1) is 5.70. The fourth-order valence-electron chi connectivity index (χ4n) is 1.14. The van der Waals surface area contributed by atoms with Gasteiger partial charge in [-0.25, -0.2) is 0 Å². The quantitative estimate of drug-likeness (QED) is 0.593. The van der Waals surface area contributed by atoms with Gasteiger partial charge in [0.05, 0.1) is 0 Å². The van der Waals surface area contributed by atoms with E-state index >= 15 is 0 Å². The molecule has 0 nitrogen and oxygen atoms in total. The second-order valence-electron chi connectivity index (χ2n) is 3.44. The number of rotatable bonds is 3. The van der Waals surface area contributed by atoms with Crippen molar-refractivity contribution < 1.29 is 0 Å². The maximum Gasteiger partial charge on any atom is 0.170 e. The molecule has 0 aliphatic carbocycles. The van der Waals surface area contributed by atoms with Crippen molar-refractivity contribution in [3.05, 3.63) is 47.9 Å². The molecule has 0 amide bonds. The molecule has 0 N–H and O–H groups in total. The first-order valence-corrected chi connectivity index (χ1v) is 4.39. The zero-order chi connectivity index (χ0) is 8.97. The third-order valence-electron chi connectivity index (χ3n) is 2.23. The van der Waals surface area contributed by atoms with Crippen LogP contribution in [0.25, 0.3) is 0 Å². The molecule has 0 saturated carbocycles. The maximum atomic E-state index is 3.95. The van der Waals surface area contributed by atoms with Crippen LogP contribution in [0, 0.1) is 0 Å². The molecule has 0 bridgehead atoms. The van der Waals surface area contributed by atoms with Crippen molar-refractivity contribution in [2.24, 2.45) is 0 Å². The van der Waals surface area contributed by atoms with E-state index in [-0.39, 0.29) is 0 Å². The molecule has 0 aliphatic rings. The molecule has 1 aromatic carbocycles. The molecule has 0 fully saturated rings. The van der Waals surface area contributed by atoms with Gasteiger partial charge in [-0.1, -0.05) is 49.6 Å². The lowest BCUT2D eigenvalue weighted by atomic mass is 9.44. The van der Waals surface area contributed by atoms with Gasteiger partial charge in [0.25, 0.3) is 0 Å². The monoisotopic (exact) mass is 158 g/mol. The topological polar surface area (TPSA) is 0 Å². The summed E-state index contributed by atoms with van der Waals surface area (Å²) in [5.41, 5.74) is 2.66. The van der Waals surface area contributed by atoms with Gasteiger partial charge in [-0.05, 0) is 6.32 Å². The van der Waals surface area contributed by atoms with Crippen LogP contribution in [0.5, 0.6) is 0 Å². The third kappa shape index (κ3) is 2.57. The Morgan fingerprint density at radius 3 is 2.42 bits per heavy atom. The van der Waals surface area contributed by atoms with E-state index in [4.69, 9.17) is 0 Å². The zero-order valence-electron chi connectivity index (χ0n) is 7.88. The lowest BCUT2D eigenvalue weighted by molar-refractivity contribution is 1.34. The van der Waals surface area contributed by atoms with Gasteiger partial charge in [-0.3, -0.25) is 0 Å². The number of allylic oxidation sites excluding steroid dienone is 1. The molecular formula is C11H15B. The minimum absolute atomic E-state index is 0.590. The van der Waals surface area contributed by atoms with Crippen molar-refractivity contribution in [3.8, 4) is 0 Å². The highest BCUT2D eigenvalue weighted by Crippen LogP contribution is 2.06. The van der Waals surface area contributed by atoms with Gasteiger partial charge in [0.1, 0.15) is 0 Å². The Bertz CT molecular complexity index is 251. The first kappa shape index (κ1) is 9.12. The van der Waals surface area contributed by atoms with Crippen LogP contribution in [0.2, 0.25) is 6.82 Å². The van der Waals surface area contributed by atoms with E-state index in [1.165, 1.54) is 11.0 Å². The molecular weight excluding hydrogens is 143 g/mol. The Hall–Kier alpha value is -0.975. The van der Waals surface area contributed by atoms with Crippen LogP contribution < -0.4 is 0 Å². The minimum Gasteiger partial charge on any atom is -0.111 e. The molecule has 0 unspecified atom stereocenters. The largest absolute Gasteiger partial charge is 0.170 e. The van der Waals surface area contributed by atoms with E-state index in [1.54, 1.807) is 0 Å². The van der Waals surface area contributed by atoms with Crippen molar-refractivity contribution in [1.82, 2.24) is 0 Å². The summed E-state index contributed by atoms with van der Waals surface area (Å²) < 4.78 is 0. The van der Waals surface area contributed by atoms with Crippen LogP contribution in [0.1, 0.15) is 12.5 Å². The van der Waals surface area contributed by atoms with E-state index in [1.807, 2.05) is 0 Å². The zero-order valence-corrected chi connectivity index (χ0v) is 7.88. The van der Waals surface area contributed by atoms with Crippen molar-refractivity contribution in [2.75, 3.05) is 0 Å². The average molecular weight is 158 g/mol. The lowest BCUT2D eigenvalue weighted by Crippen LogP contribution is -2.12. The maximum absolute atomic E-state index is 3.95. The second kappa shape index (κ2) is 4.15. The molecule has 12 heavy (non-hydrogen) atoms. The van der Waals surface area contributed by atoms with Gasteiger partial charge >= 0.3 is 0 Å². The number of hydrogen-bond acceptors (Lipinski definition) is 0. The number of hydrogen-bond donors (Lipinski definition) is 0. The number of benzene rings is 1. The molecule has 0 spiro atoms. The Balaban J connectivity index is 2.58. The van der Waals surface area contributed by atoms with E-state index in [0.29, 0.717) is 6.71 Å². The molecule has 0 atom stereocenters. The smallest absolute Gasteiger partial charge is 0.111 e. The van der Waals surface area contributed by atoms with Gasteiger partial charge in [0.15, 0.2) is 6.71 Å². The summed E-state index contributed by atoms with van der Waals surface area (Å²) in [6.45, 7) is 8.85. The Morgan fingerprint density at radius 2 is 1.92 bits per heavy atom. The highest BCUT2D eigenvalue weighted by Gasteiger charge is 2.07. The van der Waals surface area contributed by atoms with E-state index in [0.717, 1.165) is 6.32 Å². The summed E-state index contributed by atoms with van der Waals surface area (Å²) in [6.07, 6.45) is 1.11. The molecule has 1 rings (SSSR count). The summed E-state index contributed by atoms with van der Waals surface area (Å²) in [5.74, 6) is 0. The van der Waals surface area contributed by atoms with Crippen molar-refractivity contribution in [2.45, 2.75) is 20.1 Å². The Kier molecular flexibility index (Phi) is 3.15. The van der Waals surface area contributed by atoms with Gasteiger partial charge in [-0.2, -0.15) is 0 Å². The highest BCUT2D eigenvalue weighted by molar-refractivity contribution is 6.64. The van der Waals surface area contributed by atoms with Crippen molar-refractivity contribution in [1.29, 1.82) is 0 Å². The fraction of sp³-hybridized carbons (Fsp3) is 0.273. The van der Waals surface area contributed by atoms with E-state index in [2.05, 4.69) is 50.7 Å². The van der Waals surface area contributed by atoms with E-state index in [9.17, 15) is 0 Å². The summed E-state index contributed by atoms with van der Waals surface area (Å²) in [5, 5.41) is 0. The van der Waals surface area contributed by atoms with Crippen LogP contribution in [-0.4, -0.2) is 6.71 Å². The second-order valence-corrected chi connectivity index (χ2v) is 3.44. The standard InChI is InChI=1S/C11H15B/c1-10(2)12(3)9-11-7-5-4-6-8-11/h4-8H,1,9H2,2-3H3. The van der Waals surface area contributed by atoms with Crippen molar-refractivity contribution in [3.63, 3.8) is 0 Å². The third-order valence-corrected chi connectivity index (χ3v) is 2.23. The van der Waals surface area contributed by atoms with Crippen molar-refractivity contribution >= 4 is 6.71 Å². The fourth-order valence-corrected chi connectivity index (χ4v) is 1.14. The SMILES string of the molecule is C=C(C)B(C)Cc1ccccc1. The van der Waals surface area contributed by atoms with Gasteiger partial charge in [0.2, 0.25) is 0 Å². The van der Waals surface area contributed by atoms with Crippen LogP contribution in [0.3, 0.4) is 0 Å². The van der Waals surface area contributed by atoms with Gasteiger partial charge in [-0.15, -0.1) is 12.1 Å².